The van der Waals surface area contributed by atoms with Gasteiger partial charge >= 0.3 is 0 Å². The van der Waals surface area contributed by atoms with Gasteiger partial charge < -0.3 is 5.73 Å². The van der Waals surface area contributed by atoms with Crippen LogP contribution in [0.25, 0.3) is 10.2 Å². The molecule has 1 aliphatic rings. The monoisotopic (exact) mass is 350 g/mol. The Morgan fingerprint density at radius 3 is 2.56 bits per heavy atom. The van der Waals surface area contributed by atoms with Gasteiger partial charge in [-0.25, -0.2) is 4.98 Å². The highest BCUT2D eigenvalue weighted by Crippen LogP contribution is 2.36. The first-order valence-electron chi connectivity index (χ1n) is 8.95. The smallest absolute Gasteiger partial charge is 0.205 e. The normalized spacial score (nSPS) is 14.8. The molecule has 0 saturated carbocycles. The van der Waals surface area contributed by atoms with Gasteiger partial charge in [-0.2, -0.15) is 0 Å². The summed E-state index contributed by atoms with van der Waals surface area (Å²) in [6, 6.07) is 9.84. The van der Waals surface area contributed by atoms with Gasteiger partial charge in [-0.05, 0) is 44.2 Å². The number of ketones is 1. The van der Waals surface area contributed by atoms with Crippen LogP contribution in [0.3, 0.4) is 0 Å². The quantitative estimate of drug-likeness (QED) is 0.656. The molecule has 0 saturated heterocycles. The molecular weight excluding hydrogens is 328 g/mol. The molecule has 2 N–H and O–H groups in total. The topological polar surface area (TPSA) is 56.0 Å². The molecule has 2 aromatic heterocycles. The number of hydrogen-bond acceptors (Lipinski definition) is 4. The molecule has 2 heterocycles. The largest absolute Gasteiger partial charge is 0.397 e. The van der Waals surface area contributed by atoms with Crippen molar-refractivity contribution in [2.45, 2.75) is 45.4 Å². The lowest BCUT2D eigenvalue weighted by Crippen LogP contribution is -2.03. The van der Waals surface area contributed by atoms with Crippen LogP contribution in [0, 0.1) is 6.92 Å². The summed E-state index contributed by atoms with van der Waals surface area (Å²) in [5, 5.41) is 0.944. The summed E-state index contributed by atoms with van der Waals surface area (Å²) < 4.78 is 0. The predicted octanol–water partition coefficient (Wildman–Crippen LogP) is 5.08. The van der Waals surface area contributed by atoms with Crippen LogP contribution in [0.1, 0.15) is 57.7 Å². The molecule has 0 fully saturated rings. The molecule has 3 aromatic rings. The van der Waals surface area contributed by atoms with E-state index in [1.807, 2.05) is 31.2 Å². The molecule has 0 amide bonds. The van der Waals surface area contributed by atoms with Gasteiger partial charge in [0.1, 0.15) is 9.71 Å². The minimum atomic E-state index is -0.00656. The Morgan fingerprint density at radius 1 is 1.08 bits per heavy atom. The van der Waals surface area contributed by atoms with Crippen molar-refractivity contribution in [1.82, 2.24) is 4.98 Å². The highest BCUT2D eigenvalue weighted by molar-refractivity contribution is 7.21. The molecule has 4 rings (SSSR count). The summed E-state index contributed by atoms with van der Waals surface area (Å²) in [4.78, 5) is 19.3. The molecule has 0 atom stereocenters. The molecule has 128 valence electrons. The first-order valence-corrected chi connectivity index (χ1v) is 9.77. The lowest BCUT2D eigenvalue weighted by atomic mass is 9.96. The number of benzene rings is 1. The Hall–Kier alpha value is -2.20. The Kier molecular flexibility index (Phi) is 4.30. The fourth-order valence-electron chi connectivity index (χ4n) is 3.52. The van der Waals surface area contributed by atoms with Gasteiger partial charge in [0.05, 0.1) is 5.69 Å². The zero-order chi connectivity index (χ0) is 17.4. The van der Waals surface area contributed by atoms with E-state index in [0.29, 0.717) is 16.1 Å². The van der Waals surface area contributed by atoms with E-state index in [-0.39, 0.29) is 5.78 Å². The van der Waals surface area contributed by atoms with Crippen molar-refractivity contribution in [3.63, 3.8) is 0 Å². The number of nitrogens with two attached hydrogens (primary N) is 1. The fraction of sp³-hybridized carbons (Fsp3) is 0.333. The number of fused-ring (bicyclic) bond motifs is 2. The first-order chi connectivity index (χ1) is 12.1. The number of nitrogen functional groups attached to an aromatic ring is 1. The molecule has 25 heavy (non-hydrogen) atoms. The Morgan fingerprint density at radius 2 is 1.80 bits per heavy atom. The minimum Gasteiger partial charge on any atom is -0.397 e. The number of nitrogens with zero attached hydrogens (tertiary/aromatic N) is 1. The molecule has 0 bridgehead atoms. The van der Waals surface area contributed by atoms with E-state index in [1.165, 1.54) is 48.3 Å². The molecule has 1 aliphatic carbocycles. The Labute approximate surface area is 151 Å². The summed E-state index contributed by atoms with van der Waals surface area (Å²) >= 11 is 1.43. The number of carbonyl (C=O) groups excluding carboxylic acids is 1. The van der Waals surface area contributed by atoms with Crippen LogP contribution in [0.4, 0.5) is 5.69 Å². The summed E-state index contributed by atoms with van der Waals surface area (Å²) in [5.74, 6) is -0.00656. The average Bonchev–Trinajstić information content (AvgIpc) is 2.91. The zero-order valence-electron chi connectivity index (χ0n) is 14.5. The number of aryl methyl sites for hydroxylation is 3. The number of thiophene rings is 1. The summed E-state index contributed by atoms with van der Waals surface area (Å²) in [6.45, 7) is 2.02. The molecule has 4 heteroatoms. The van der Waals surface area contributed by atoms with E-state index in [0.717, 1.165) is 28.6 Å². The molecule has 0 aliphatic heterocycles. The van der Waals surface area contributed by atoms with Gasteiger partial charge in [-0.15, -0.1) is 11.3 Å². The second-order valence-corrected chi connectivity index (χ2v) is 7.90. The lowest BCUT2D eigenvalue weighted by molar-refractivity contribution is 0.104. The second-order valence-electron chi connectivity index (χ2n) is 6.90. The number of rotatable bonds is 2. The van der Waals surface area contributed by atoms with Crippen LogP contribution >= 0.6 is 11.3 Å². The number of hydrogen-bond donors (Lipinski definition) is 1. The number of anilines is 1. The average molecular weight is 350 g/mol. The van der Waals surface area contributed by atoms with Crippen LogP contribution < -0.4 is 5.73 Å². The van der Waals surface area contributed by atoms with E-state index in [2.05, 4.69) is 6.07 Å². The van der Waals surface area contributed by atoms with Crippen molar-refractivity contribution < 1.29 is 4.79 Å². The molecule has 0 spiro atoms. The molecule has 1 aromatic carbocycles. The number of pyridine rings is 1. The van der Waals surface area contributed by atoms with Crippen LogP contribution in [0.5, 0.6) is 0 Å². The van der Waals surface area contributed by atoms with E-state index in [1.54, 1.807) is 0 Å². The Bertz CT molecular complexity index is 941. The maximum absolute atomic E-state index is 12.9. The predicted molar refractivity (Wildman–Crippen MR) is 105 cm³/mol. The number of carbonyl (C=O) groups is 1. The summed E-state index contributed by atoms with van der Waals surface area (Å²) in [5.41, 5.74) is 11.3. The highest BCUT2D eigenvalue weighted by atomic mass is 32.1. The van der Waals surface area contributed by atoms with Gasteiger partial charge in [-0.3, -0.25) is 4.79 Å². The molecule has 3 nitrogen and oxygen atoms in total. The Balaban J connectivity index is 1.79. The summed E-state index contributed by atoms with van der Waals surface area (Å²) in [7, 11) is 0. The van der Waals surface area contributed by atoms with Gasteiger partial charge in [0.25, 0.3) is 0 Å². The van der Waals surface area contributed by atoms with Crippen LogP contribution in [-0.4, -0.2) is 10.8 Å². The van der Waals surface area contributed by atoms with Crippen molar-refractivity contribution in [3.8, 4) is 0 Å². The second kappa shape index (κ2) is 6.60. The summed E-state index contributed by atoms with van der Waals surface area (Å²) in [6.07, 6.45) is 7.07. The van der Waals surface area contributed by atoms with Crippen molar-refractivity contribution in [2.24, 2.45) is 0 Å². The van der Waals surface area contributed by atoms with Crippen LogP contribution in [0.15, 0.2) is 30.3 Å². The maximum Gasteiger partial charge on any atom is 0.205 e. The SMILES string of the molecule is Cc1ccc(C(=O)c2sc3nc4c(cc3c2N)CCCCCC4)cc1. The molecule has 0 radical (unpaired) electrons. The van der Waals surface area contributed by atoms with Crippen LogP contribution in [-0.2, 0) is 12.8 Å². The van der Waals surface area contributed by atoms with E-state index in [4.69, 9.17) is 10.7 Å². The lowest BCUT2D eigenvalue weighted by Gasteiger charge is -2.12. The van der Waals surface area contributed by atoms with Gasteiger partial charge in [-0.1, -0.05) is 42.7 Å². The van der Waals surface area contributed by atoms with Crippen molar-refractivity contribution in [1.29, 1.82) is 0 Å². The minimum absolute atomic E-state index is 0.00656. The van der Waals surface area contributed by atoms with Crippen molar-refractivity contribution in [3.05, 3.63) is 57.6 Å². The third-order valence-corrected chi connectivity index (χ3v) is 6.13. The first kappa shape index (κ1) is 16.3. The number of aromatic nitrogens is 1. The van der Waals surface area contributed by atoms with Crippen molar-refractivity contribution >= 4 is 33.0 Å². The van der Waals surface area contributed by atoms with E-state index >= 15 is 0 Å². The third kappa shape index (κ3) is 3.07. The maximum atomic E-state index is 12.9. The molecular formula is C21H22N2OS. The standard InChI is InChI=1S/C21H22N2OS/c1-13-8-10-14(11-9-13)19(24)20-18(22)16-12-15-6-4-2-3-5-7-17(15)23-21(16)25-20/h8-12H,2-7,22H2,1H3. The van der Waals surface area contributed by atoms with Gasteiger partial charge in [0.15, 0.2) is 0 Å². The van der Waals surface area contributed by atoms with Crippen LogP contribution in [0.2, 0.25) is 0 Å². The van der Waals surface area contributed by atoms with E-state index < -0.39 is 0 Å². The highest BCUT2D eigenvalue weighted by Gasteiger charge is 2.20. The zero-order valence-corrected chi connectivity index (χ0v) is 15.3. The van der Waals surface area contributed by atoms with E-state index in [9.17, 15) is 4.79 Å². The fourth-order valence-corrected chi connectivity index (χ4v) is 4.58. The van der Waals surface area contributed by atoms with Crippen molar-refractivity contribution in [2.75, 3.05) is 5.73 Å². The van der Waals surface area contributed by atoms with Gasteiger partial charge in [0.2, 0.25) is 5.78 Å². The molecule has 0 unspecified atom stereocenters. The third-order valence-electron chi connectivity index (χ3n) is 5.02. The van der Waals surface area contributed by atoms with Gasteiger partial charge in [0, 0.05) is 16.6 Å².